The number of nitrogens with zero attached hydrogens (tertiary/aromatic N) is 2. The highest BCUT2D eigenvalue weighted by molar-refractivity contribution is 9.10. The maximum Gasteiger partial charge on any atom is 0.224 e. The van der Waals surface area contributed by atoms with Gasteiger partial charge in [-0.25, -0.2) is 10.8 Å². The van der Waals surface area contributed by atoms with E-state index in [1.807, 2.05) is 0 Å². The van der Waals surface area contributed by atoms with Crippen molar-refractivity contribution < 1.29 is 4.74 Å². The number of nitrogens with one attached hydrogen (secondary N) is 1. The van der Waals surface area contributed by atoms with Crippen LogP contribution in [-0.2, 0) is 0 Å². The Bertz CT molecular complexity index is 579. The molecule has 0 unspecified atom stereocenters. The molecule has 5 nitrogen and oxygen atoms in total. The summed E-state index contributed by atoms with van der Waals surface area (Å²) >= 11 is 9.22. The predicted octanol–water partition coefficient (Wildman–Crippen LogP) is 3.28. The molecule has 3 N–H and O–H groups in total. The van der Waals surface area contributed by atoms with Crippen LogP contribution in [0.25, 0.3) is 0 Å². The number of benzene rings is 1. The SMILES string of the molecule is Cc1nc(NN)cc(Oc2ccc(Cl)cc2Br)n1. The van der Waals surface area contributed by atoms with Gasteiger partial charge in [-0.3, -0.25) is 0 Å². The molecular formula is C11H10BrClN4O. The fourth-order valence-electron chi connectivity index (χ4n) is 1.34. The minimum atomic E-state index is 0.401. The first-order valence-electron chi connectivity index (χ1n) is 5.03. The molecule has 0 amide bonds. The molecule has 0 aliphatic carbocycles. The molecule has 2 rings (SSSR count). The molecule has 0 saturated carbocycles. The molecule has 0 fully saturated rings. The van der Waals surface area contributed by atoms with Gasteiger partial charge in [-0.1, -0.05) is 11.6 Å². The highest BCUT2D eigenvalue weighted by Crippen LogP contribution is 2.31. The summed E-state index contributed by atoms with van der Waals surface area (Å²) in [5, 5.41) is 0.623. The summed E-state index contributed by atoms with van der Waals surface area (Å²) < 4.78 is 6.38. The Morgan fingerprint density at radius 1 is 1.33 bits per heavy atom. The van der Waals surface area contributed by atoms with Crippen LogP contribution in [0.4, 0.5) is 5.82 Å². The van der Waals surface area contributed by atoms with Crippen molar-refractivity contribution in [1.29, 1.82) is 0 Å². The molecule has 1 heterocycles. The highest BCUT2D eigenvalue weighted by Gasteiger charge is 2.07. The summed E-state index contributed by atoms with van der Waals surface area (Å²) in [5.74, 6) is 7.37. The molecule has 0 bridgehead atoms. The monoisotopic (exact) mass is 328 g/mol. The molecule has 2 aromatic rings. The van der Waals surface area contributed by atoms with E-state index in [0.717, 1.165) is 4.47 Å². The lowest BCUT2D eigenvalue weighted by Gasteiger charge is -2.09. The number of hydrogen-bond acceptors (Lipinski definition) is 5. The standard InChI is InChI=1S/C11H10BrClN4O/c1-6-15-10(17-14)5-11(16-6)18-9-3-2-7(13)4-8(9)12/h2-5H,14H2,1H3,(H,15,16,17). The van der Waals surface area contributed by atoms with Crippen LogP contribution < -0.4 is 16.0 Å². The second kappa shape index (κ2) is 5.51. The van der Waals surface area contributed by atoms with Gasteiger partial charge in [0.25, 0.3) is 0 Å². The number of hydrazine groups is 1. The number of aryl methyl sites for hydroxylation is 1. The van der Waals surface area contributed by atoms with Crippen molar-refractivity contribution in [1.82, 2.24) is 9.97 Å². The van der Waals surface area contributed by atoms with Crippen LogP contribution in [-0.4, -0.2) is 9.97 Å². The van der Waals surface area contributed by atoms with Crippen molar-refractivity contribution in [2.75, 3.05) is 5.43 Å². The number of nitrogen functional groups attached to an aromatic ring is 1. The van der Waals surface area contributed by atoms with E-state index in [1.54, 1.807) is 31.2 Å². The predicted molar refractivity (Wildman–Crippen MR) is 73.8 cm³/mol. The normalized spacial score (nSPS) is 10.2. The van der Waals surface area contributed by atoms with E-state index in [9.17, 15) is 0 Å². The largest absolute Gasteiger partial charge is 0.438 e. The minimum Gasteiger partial charge on any atom is -0.438 e. The molecule has 0 radical (unpaired) electrons. The van der Waals surface area contributed by atoms with E-state index in [4.69, 9.17) is 22.2 Å². The number of ether oxygens (including phenoxy) is 1. The van der Waals surface area contributed by atoms with Gasteiger partial charge >= 0.3 is 0 Å². The summed E-state index contributed by atoms with van der Waals surface area (Å²) in [7, 11) is 0. The van der Waals surface area contributed by atoms with Crippen molar-refractivity contribution in [2.24, 2.45) is 5.84 Å². The fourth-order valence-corrected chi connectivity index (χ4v) is 2.10. The zero-order chi connectivity index (χ0) is 13.1. The number of nitrogens with two attached hydrogens (primary N) is 1. The van der Waals surface area contributed by atoms with Crippen LogP contribution in [0.3, 0.4) is 0 Å². The van der Waals surface area contributed by atoms with Gasteiger partial charge in [0.15, 0.2) is 0 Å². The Labute approximate surface area is 117 Å². The van der Waals surface area contributed by atoms with Gasteiger partial charge in [0.2, 0.25) is 5.88 Å². The molecule has 0 saturated heterocycles. The highest BCUT2D eigenvalue weighted by atomic mass is 79.9. The lowest BCUT2D eigenvalue weighted by Crippen LogP contribution is -2.09. The zero-order valence-corrected chi connectivity index (χ0v) is 11.8. The van der Waals surface area contributed by atoms with Crippen LogP contribution in [0, 0.1) is 6.92 Å². The van der Waals surface area contributed by atoms with E-state index in [-0.39, 0.29) is 0 Å². The van der Waals surface area contributed by atoms with Gasteiger partial charge in [0, 0.05) is 11.1 Å². The van der Waals surface area contributed by atoms with E-state index in [0.29, 0.717) is 28.3 Å². The van der Waals surface area contributed by atoms with Crippen molar-refractivity contribution in [2.45, 2.75) is 6.92 Å². The number of hydrogen-bond donors (Lipinski definition) is 2. The molecule has 0 spiro atoms. The first-order chi connectivity index (χ1) is 8.58. The fraction of sp³-hybridized carbons (Fsp3) is 0.0909. The van der Waals surface area contributed by atoms with Gasteiger partial charge in [0.1, 0.15) is 17.4 Å². The number of aromatic nitrogens is 2. The first-order valence-corrected chi connectivity index (χ1v) is 6.21. The Morgan fingerprint density at radius 3 is 2.78 bits per heavy atom. The van der Waals surface area contributed by atoms with Gasteiger partial charge in [0.05, 0.1) is 4.47 Å². The number of anilines is 1. The molecule has 7 heteroatoms. The van der Waals surface area contributed by atoms with Gasteiger partial charge < -0.3 is 10.2 Å². The van der Waals surface area contributed by atoms with Crippen molar-refractivity contribution in [3.8, 4) is 11.6 Å². The average Bonchev–Trinajstić information content (AvgIpc) is 2.32. The topological polar surface area (TPSA) is 73.1 Å². The summed E-state index contributed by atoms with van der Waals surface area (Å²) in [6.07, 6.45) is 0. The molecule has 0 aliphatic heterocycles. The number of halogens is 2. The molecular weight excluding hydrogens is 320 g/mol. The number of rotatable bonds is 3. The van der Waals surface area contributed by atoms with E-state index < -0.39 is 0 Å². The van der Waals surface area contributed by atoms with Crippen molar-refractivity contribution in [3.63, 3.8) is 0 Å². The van der Waals surface area contributed by atoms with Crippen molar-refractivity contribution >= 4 is 33.3 Å². The third kappa shape index (κ3) is 3.10. The summed E-state index contributed by atoms with van der Waals surface area (Å²) in [6.45, 7) is 1.75. The Balaban J connectivity index is 2.30. The molecule has 94 valence electrons. The Kier molecular flexibility index (Phi) is 4.00. The Hall–Kier alpha value is -1.37. The van der Waals surface area contributed by atoms with Crippen molar-refractivity contribution in [3.05, 3.63) is 39.6 Å². The summed E-state index contributed by atoms with van der Waals surface area (Å²) in [5.41, 5.74) is 2.45. The van der Waals surface area contributed by atoms with Crippen LogP contribution in [0.5, 0.6) is 11.6 Å². The van der Waals surface area contributed by atoms with E-state index in [2.05, 4.69) is 31.3 Å². The second-order valence-corrected chi connectivity index (χ2v) is 4.75. The summed E-state index contributed by atoms with van der Waals surface area (Å²) in [4.78, 5) is 8.23. The van der Waals surface area contributed by atoms with E-state index >= 15 is 0 Å². The van der Waals surface area contributed by atoms with Crippen LogP contribution in [0.1, 0.15) is 5.82 Å². The summed E-state index contributed by atoms with van der Waals surface area (Å²) in [6, 6.07) is 6.83. The molecule has 0 aliphatic rings. The quantitative estimate of drug-likeness (QED) is 0.668. The molecule has 0 atom stereocenters. The molecule has 1 aromatic heterocycles. The minimum absolute atomic E-state index is 0.401. The maximum atomic E-state index is 5.86. The molecule has 1 aromatic carbocycles. The lowest BCUT2D eigenvalue weighted by atomic mass is 10.3. The Morgan fingerprint density at radius 2 is 2.11 bits per heavy atom. The first kappa shape index (κ1) is 13.1. The van der Waals surface area contributed by atoms with Gasteiger partial charge in [-0.15, -0.1) is 0 Å². The smallest absolute Gasteiger partial charge is 0.224 e. The van der Waals surface area contributed by atoms with Crippen LogP contribution >= 0.6 is 27.5 Å². The average molecular weight is 330 g/mol. The maximum absolute atomic E-state index is 5.86. The van der Waals surface area contributed by atoms with Crippen LogP contribution in [0.15, 0.2) is 28.7 Å². The third-order valence-corrected chi connectivity index (χ3v) is 2.93. The van der Waals surface area contributed by atoms with E-state index in [1.165, 1.54) is 0 Å². The van der Waals surface area contributed by atoms with Crippen LogP contribution in [0.2, 0.25) is 5.02 Å². The lowest BCUT2D eigenvalue weighted by molar-refractivity contribution is 0.457. The van der Waals surface area contributed by atoms with Gasteiger partial charge in [-0.05, 0) is 41.1 Å². The zero-order valence-electron chi connectivity index (χ0n) is 9.45. The van der Waals surface area contributed by atoms with Gasteiger partial charge in [-0.2, -0.15) is 4.98 Å². The molecule has 18 heavy (non-hydrogen) atoms. The second-order valence-electron chi connectivity index (χ2n) is 3.46. The third-order valence-electron chi connectivity index (χ3n) is 2.07.